The molecule has 0 aromatic heterocycles. The number of nitrogens with two attached hydrogens (primary N) is 1. The van der Waals surface area contributed by atoms with Crippen LogP contribution in [-0.2, 0) is 0 Å². The molecule has 0 unspecified atom stereocenters. The Balaban J connectivity index is 3.24. The molecule has 1 aromatic rings. The molecule has 15 heavy (non-hydrogen) atoms. The van der Waals surface area contributed by atoms with Crippen molar-refractivity contribution in [2.24, 2.45) is 5.73 Å². The van der Waals surface area contributed by atoms with Gasteiger partial charge in [-0.3, -0.25) is 0 Å². The number of hydrogen-bond acceptors (Lipinski definition) is 5. The van der Waals surface area contributed by atoms with Gasteiger partial charge in [-0.25, -0.2) is 0 Å². The average Bonchev–Trinajstić information content (AvgIpc) is 2.27. The number of aromatic hydroxyl groups is 1. The molecule has 0 fully saturated rings. The van der Waals surface area contributed by atoms with E-state index in [1.165, 1.54) is 14.2 Å². The maximum atomic E-state index is 9.73. The molecule has 1 atom stereocenters. The molecule has 4 N–H and O–H groups in total. The molecule has 5 heteroatoms. The van der Waals surface area contributed by atoms with E-state index in [-0.39, 0.29) is 18.1 Å². The second-order valence-electron chi connectivity index (χ2n) is 3.03. The summed E-state index contributed by atoms with van der Waals surface area (Å²) in [5.74, 6) is 0.429. The predicted molar refractivity (Wildman–Crippen MR) is 55.2 cm³/mol. The summed E-state index contributed by atoms with van der Waals surface area (Å²) in [6.07, 6.45) is 0. The summed E-state index contributed by atoms with van der Waals surface area (Å²) in [7, 11) is 2.86. The average molecular weight is 213 g/mol. The number of aliphatic hydroxyl groups is 1. The molecular formula is C10H15NO4. The van der Waals surface area contributed by atoms with Crippen molar-refractivity contribution in [3.05, 3.63) is 17.7 Å². The van der Waals surface area contributed by atoms with Gasteiger partial charge < -0.3 is 25.4 Å². The Kier molecular flexibility index (Phi) is 3.76. The molecular weight excluding hydrogens is 198 g/mol. The Morgan fingerprint density at radius 2 is 2.00 bits per heavy atom. The lowest BCUT2D eigenvalue weighted by molar-refractivity contribution is 0.262. The number of benzene rings is 1. The standard InChI is InChI=1S/C10H15NO4/c1-14-8-4-3-6(7(11)5-12)10(15-2)9(8)13/h3-4,7,12-13H,5,11H2,1-2H3/t7-/m1/s1. The van der Waals surface area contributed by atoms with Gasteiger partial charge in [-0.05, 0) is 12.1 Å². The van der Waals surface area contributed by atoms with Crippen molar-refractivity contribution in [2.75, 3.05) is 20.8 Å². The van der Waals surface area contributed by atoms with Gasteiger partial charge in [0.25, 0.3) is 0 Å². The zero-order chi connectivity index (χ0) is 11.4. The largest absolute Gasteiger partial charge is 0.502 e. The molecule has 84 valence electrons. The van der Waals surface area contributed by atoms with Crippen LogP contribution in [0.5, 0.6) is 17.2 Å². The van der Waals surface area contributed by atoms with E-state index in [4.69, 9.17) is 20.3 Å². The van der Waals surface area contributed by atoms with Gasteiger partial charge >= 0.3 is 0 Å². The summed E-state index contributed by atoms with van der Waals surface area (Å²) < 4.78 is 9.94. The van der Waals surface area contributed by atoms with Crippen LogP contribution in [0.4, 0.5) is 0 Å². The van der Waals surface area contributed by atoms with Crippen LogP contribution in [0.3, 0.4) is 0 Å². The van der Waals surface area contributed by atoms with E-state index in [2.05, 4.69) is 0 Å². The number of rotatable bonds is 4. The molecule has 0 saturated carbocycles. The highest BCUT2D eigenvalue weighted by Crippen LogP contribution is 2.40. The highest BCUT2D eigenvalue weighted by atomic mass is 16.5. The Hall–Kier alpha value is -1.46. The first-order valence-corrected chi connectivity index (χ1v) is 4.46. The number of methoxy groups -OCH3 is 2. The van der Waals surface area contributed by atoms with Gasteiger partial charge in [-0.15, -0.1) is 0 Å². The van der Waals surface area contributed by atoms with Crippen molar-refractivity contribution in [1.29, 1.82) is 0 Å². The van der Waals surface area contributed by atoms with E-state index in [1.54, 1.807) is 12.1 Å². The number of ether oxygens (including phenoxy) is 2. The second-order valence-corrected chi connectivity index (χ2v) is 3.03. The SMILES string of the molecule is COc1ccc([C@H](N)CO)c(OC)c1O. The number of aliphatic hydroxyl groups excluding tert-OH is 1. The summed E-state index contributed by atoms with van der Waals surface area (Å²) >= 11 is 0. The van der Waals surface area contributed by atoms with Gasteiger partial charge in [0.1, 0.15) is 0 Å². The predicted octanol–water partition coefficient (Wildman–Crippen LogP) is 0.402. The Labute approximate surface area is 88.0 Å². The minimum Gasteiger partial charge on any atom is -0.502 e. The van der Waals surface area contributed by atoms with Crippen molar-refractivity contribution < 1.29 is 19.7 Å². The molecule has 0 radical (unpaired) electrons. The topological polar surface area (TPSA) is 84.9 Å². The lowest BCUT2D eigenvalue weighted by Gasteiger charge is -2.16. The third kappa shape index (κ3) is 2.14. The summed E-state index contributed by atoms with van der Waals surface area (Å²) in [4.78, 5) is 0. The minimum absolute atomic E-state index is 0.110. The van der Waals surface area contributed by atoms with Crippen LogP contribution in [0.15, 0.2) is 12.1 Å². The number of phenolic OH excluding ortho intramolecular Hbond substituents is 1. The Morgan fingerprint density at radius 1 is 1.33 bits per heavy atom. The molecule has 0 heterocycles. The van der Waals surface area contributed by atoms with E-state index < -0.39 is 6.04 Å². The van der Waals surface area contributed by atoms with Crippen molar-refractivity contribution in [3.8, 4) is 17.2 Å². The maximum Gasteiger partial charge on any atom is 0.201 e. The second kappa shape index (κ2) is 4.86. The molecule has 0 aliphatic heterocycles. The van der Waals surface area contributed by atoms with Gasteiger partial charge in [0.15, 0.2) is 11.5 Å². The van der Waals surface area contributed by atoms with E-state index in [0.29, 0.717) is 11.3 Å². The molecule has 0 spiro atoms. The third-order valence-corrected chi connectivity index (χ3v) is 2.15. The van der Waals surface area contributed by atoms with Gasteiger partial charge in [0, 0.05) is 5.56 Å². The van der Waals surface area contributed by atoms with Crippen molar-refractivity contribution in [1.82, 2.24) is 0 Å². The van der Waals surface area contributed by atoms with Gasteiger partial charge in [0.05, 0.1) is 26.9 Å². The molecule has 5 nitrogen and oxygen atoms in total. The van der Waals surface area contributed by atoms with Crippen molar-refractivity contribution in [3.63, 3.8) is 0 Å². The fourth-order valence-corrected chi connectivity index (χ4v) is 1.34. The van der Waals surface area contributed by atoms with Crippen LogP contribution in [-0.4, -0.2) is 31.0 Å². The quantitative estimate of drug-likeness (QED) is 0.674. The fraction of sp³-hybridized carbons (Fsp3) is 0.400. The summed E-state index contributed by atoms with van der Waals surface area (Å²) in [5.41, 5.74) is 6.19. The monoisotopic (exact) mass is 213 g/mol. The maximum absolute atomic E-state index is 9.73. The smallest absolute Gasteiger partial charge is 0.201 e. The molecule has 0 bridgehead atoms. The zero-order valence-corrected chi connectivity index (χ0v) is 8.73. The third-order valence-electron chi connectivity index (χ3n) is 2.15. The minimum atomic E-state index is -0.586. The lowest BCUT2D eigenvalue weighted by atomic mass is 10.1. The Bertz CT molecular complexity index is 340. The van der Waals surface area contributed by atoms with Gasteiger partial charge in [-0.2, -0.15) is 0 Å². The van der Waals surface area contributed by atoms with Crippen LogP contribution in [0.1, 0.15) is 11.6 Å². The van der Waals surface area contributed by atoms with Gasteiger partial charge in [-0.1, -0.05) is 0 Å². The van der Waals surface area contributed by atoms with Crippen molar-refractivity contribution >= 4 is 0 Å². The van der Waals surface area contributed by atoms with Crippen LogP contribution >= 0.6 is 0 Å². The highest BCUT2D eigenvalue weighted by Gasteiger charge is 2.17. The van der Waals surface area contributed by atoms with Gasteiger partial charge in [0.2, 0.25) is 5.75 Å². The number of phenols is 1. The van der Waals surface area contributed by atoms with E-state index >= 15 is 0 Å². The molecule has 0 aliphatic carbocycles. The summed E-state index contributed by atoms with van der Waals surface area (Å²) in [5, 5.41) is 18.7. The van der Waals surface area contributed by atoms with Crippen LogP contribution in [0.2, 0.25) is 0 Å². The first-order valence-electron chi connectivity index (χ1n) is 4.46. The normalized spacial score (nSPS) is 12.3. The summed E-state index contributed by atoms with van der Waals surface area (Å²) in [6.45, 7) is -0.220. The Morgan fingerprint density at radius 3 is 2.47 bits per heavy atom. The van der Waals surface area contributed by atoms with Crippen LogP contribution in [0.25, 0.3) is 0 Å². The van der Waals surface area contributed by atoms with Crippen molar-refractivity contribution in [2.45, 2.75) is 6.04 Å². The van der Waals surface area contributed by atoms with E-state index in [0.717, 1.165) is 0 Å². The molecule has 0 saturated heterocycles. The molecule has 0 aliphatic rings. The first-order chi connectivity index (χ1) is 7.15. The highest BCUT2D eigenvalue weighted by molar-refractivity contribution is 5.55. The van der Waals surface area contributed by atoms with E-state index in [1.807, 2.05) is 0 Å². The zero-order valence-electron chi connectivity index (χ0n) is 8.73. The van der Waals surface area contributed by atoms with E-state index in [9.17, 15) is 5.11 Å². The fourth-order valence-electron chi connectivity index (χ4n) is 1.34. The van der Waals surface area contributed by atoms with Crippen LogP contribution in [0, 0.1) is 0 Å². The molecule has 1 rings (SSSR count). The molecule has 1 aromatic carbocycles. The van der Waals surface area contributed by atoms with Crippen LogP contribution < -0.4 is 15.2 Å². The summed E-state index contributed by atoms with van der Waals surface area (Å²) in [6, 6.07) is 2.64. The lowest BCUT2D eigenvalue weighted by Crippen LogP contribution is -2.15. The number of hydrogen-bond donors (Lipinski definition) is 3. The molecule has 0 amide bonds. The first kappa shape index (κ1) is 11.6.